The van der Waals surface area contributed by atoms with Gasteiger partial charge in [-0.05, 0) is 38.1 Å². The smallest absolute Gasteiger partial charge is 0.255 e. The highest BCUT2D eigenvalue weighted by Gasteiger charge is 2.13. The Hall–Kier alpha value is -2.76. The predicted octanol–water partition coefficient (Wildman–Crippen LogP) is 3.20. The number of nitrogens with zero attached hydrogens (tertiary/aromatic N) is 2. The first-order valence-corrected chi connectivity index (χ1v) is 7.87. The van der Waals surface area contributed by atoms with Gasteiger partial charge in [-0.25, -0.2) is 4.98 Å². The van der Waals surface area contributed by atoms with E-state index in [1.165, 1.54) is 0 Å². The summed E-state index contributed by atoms with van der Waals surface area (Å²) in [6, 6.07) is 8.73. The fourth-order valence-corrected chi connectivity index (χ4v) is 2.39. The highest BCUT2D eigenvalue weighted by Crippen LogP contribution is 2.29. The second-order valence-corrected chi connectivity index (χ2v) is 5.10. The Morgan fingerprint density at radius 1 is 1.12 bits per heavy atom. The van der Waals surface area contributed by atoms with Gasteiger partial charge in [0.25, 0.3) is 5.91 Å². The highest BCUT2D eigenvalue weighted by atomic mass is 16.5. The highest BCUT2D eigenvalue weighted by molar-refractivity contribution is 6.05. The molecule has 2 rings (SSSR count). The van der Waals surface area contributed by atoms with Crippen molar-refractivity contribution in [2.75, 3.05) is 37.5 Å². The number of hydrogen-bond donors (Lipinski definition) is 1. The van der Waals surface area contributed by atoms with Gasteiger partial charge in [-0.3, -0.25) is 4.79 Å². The van der Waals surface area contributed by atoms with Gasteiger partial charge in [-0.2, -0.15) is 0 Å². The van der Waals surface area contributed by atoms with E-state index in [4.69, 9.17) is 9.47 Å². The number of hydrogen-bond acceptors (Lipinski definition) is 5. The fourth-order valence-electron chi connectivity index (χ4n) is 2.39. The SMILES string of the molecule is CCN(CC)c1cc(C(=O)Nc2cc(OC)ccc2OC)ccn1. The minimum absolute atomic E-state index is 0.225. The van der Waals surface area contributed by atoms with E-state index in [0.29, 0.717) is 22.7 Å². The molecule has 6 nitrogen and oxygen atoms in total. The summed E-state index contributed by atoms with van der Waals surface area (Å²) in [6.45, 7) is 5.77. The number of methoxy groups -OCH3 is 2. The summed E-state index contributed by atoms with van der Waals surface area (Å²) in [6.07, 6.45) is 1.64. The van der Waals surface area contributed by atoms with Crippen LogP contribution in [0.3, 0.4) is 0 Å². The molecule has 0 aliphatic carbocycles. The van der Waals surface area contributed by atoms with Gasteiger partial charge in [0.05, 0.1) is 19.9 Å². The molecule has 0 saturated heterocycles. The van der Waals surface area contributed by atoms with Crippen LogP contribution in [0.15, 0.2) is 36.5 Å². The lowest BCUT2D eigenvalue weighted by Crippen LogP contribution is -2.23. The molecular weight excluding hydrogens is 306 g/mol. The Kier molecular flexibility index (Phi) is 6.01. The van der Waals surface area contributed by atoms with Gasteiger partial charge < -0.3 is 19.7 Å². The Balaban J connectivity index is 2.25. The first-order chi connectivity index (χ1) is 11.6. The summed E-state index contributed by atoms with van der Waals surface area (Å²) in [5.41, 5.74) is 1.10. The number of aromatic nitrogens is 1. The summed E-state index contributed by atoms with van der Waals surface area (Å²) in [7, 11) is 3.13. The van der Waals surface area contributed by atoms with Crippen molar-refractivity contribution in [3.8, 4) is 11.5 Å². The molecule has 6 heteroatoms. The normalized spacial score (nSPS) is 10.2. The molecule has 1 aromatic carbocycles. The van der Waals surface area contributed by atoms with Crippen molar-refractivity contribution in [1.82, 2.24) is 4.98 Å². The molecule has 0 spiro atoms. The minimum atomic E-state index is -0.225. The zero-order chi connectivity index (χ0) is 17.5. The van der Waals surface area contributed by atoms with Crippen LogP contribution in [0.1, 0.15) is 24.2 Å². The molecule has 2 aromatic rings. The monoisotopic (exact) mass is 329 g/mol. The number of carbonyl (C=O) groups is 1. The Morgan fingerprint density at radius 3 is 2.50 bits per heavy atom. The first-order valence-electron chi connectivity index (χ1n) is 7.87. The van der Waals surface area contributed by atoms with Gasteiger partial charge in [0, 0.05) is 30.9 Å². The van der Waals surface area contributed by atoms with Crippen LogP contribution in [0, 0.1) is 0 Å². The topological polar surface area (TPSA) is 63.7 Å². The van der Waals surface area contributed by atoms with Gasteiger partial charge >= 0.3 is 0 Å². The van der Waals surface area contributed by atoms with Crippen LogP contribution >= 0.6 is 0 Å². The molecule has 0 saturated carbocycles. The molecule has 1 heterocycles. The standard InChI is InChI=1S/C18H23N3O3/c1-5-21(6-2)17-11-13(9-10-19-17)18(22)20-15-12-14(23-3)7-8-16(15)24-4/h7-12H,5-6H2,1-4H3,(H,20,22). The Bertz CT molecular complexity index is 700. The number of ether oxygens (including phenoxy) is 2. The van der Waals surface area contributed by atoms with Gasteiger partial charge in [-0.15, -0.1) is 0 Å². The molecule has 0 unspecified atom stereocenters. The van der Waals surface area contributed by atoms with Crippen LogP contribution in [0.25, 0.3) is 0 Å². The van der Waals surface area contributed by atoms with Gasteiger partial charge in [0.1, 0.15) is 17.3 Å². The third kappa shape index (κ3) is 3.95. The van der Waals surface area contributed by atoms with Crippen LogP contribution in [0.4, 0.5) is 11.5 Å². The quantitative estimate of drug-likeness (QED) is 0.845. The lowest BCUT2D eigenvalue weighted by atomic mass is 10.2. The van der Waals surface area contributed by atoms with Crippen molar-refractivity contribution in [3.63, 3.8) is 0 Å². The lowest BCUT2D eigenvalue weighted by Gasteiger charge is -2.20. The number of amides is 1. The van der Waals surface area contributed by atoms with Crippen molar-refractivity contribution in [2.45, 2.75) is 13.8 Å². The van der Waals surface area contributed by atoms with Crippen molar-refractivity contribution < 1.29 is 14.3 Å². The maximum absolute atomic E-state index is 12.6. The largest absolute Gasteiger partial charge is 0.497 e. The molecule has 0 aliphatic heterocycles. The molecule has 24 heavy (non-hydrogen) atoms. The van der Waals surface area contributed by atoms with E-state index in [9.17, 15) is 4.79 Å². The second kappa shape index (κ2) is 8.19. The maximum Gasteiger partial charge on any atom is 0.255 e. The summed E-state index contributed by atoms with van der Waals surface area (Å²) in [5, 5.41) is 2.86. The number of pyridine rings is 1. The van der Waals surface area contributed by atoms with E-state index in [0.717, 1.165) is 18.9 Å². The van der Waals surface area contributed by atoms with Crippen LogP contribution in [-0.4, -0.2) is 38.2 Å². The van der Waals surface area contributed by atoms with Crippen molar-refractivity contribution in [2.24, 2.45) is 0 Å². The summed E-state index contributed by atoms with van der Waals surface area (Å²) < 4.78 is 10.5. The van der Waals surface area contributed by atoms with Crippen molar-refractivity contribution in [1.29, 1.82) is 0 Å². The molecule has 0 radical (unpaired) electrons. The first kappa shape index (κ1) is 17.6. The van der Waals surface area contributed by atoms with E-state index in [2.05, 4.69) is 29.0 Å². The predicted molar refractivity (Wildman–Crippen MR) is 95.3 cm³/mol. The van der Waals surface area contributed by atoms with E-state index < -0.39 is 0 Å². The summed E-state index contributed by atoms with van der Waals surface area (Å²) in [4.78, 5) is 19.0. The molecular formula is C18H23N3O3. The average Bonchev–Trinajstić information content (AvgIpc) is 2.63. The van der Waals surface area contributed by atoms with E-state index >= 15 is 0 Å². The molecule has 0 bridgehead atoms. The third-order valence-corrected chi connectivity index (χ3v) is 3.75. The number of carbonyl (C=O) groups excluding carboxylic acids is 1. The molecule has 1 aromatic heterocycles. The van der Waals surface area contributed by atoms with Gasteiger partial charge in [0.2, 0.25) is 0 Å². The van der Waals surface area contributed by atoms with Crippen LogP contribution < -0.4 is 19.7 Å². The minimum Gasteiger partial charge on any atom is -0.497 e. The van der Waals surface area contributed by atoms with E-state index in [1.54, 1.807) is 50.7 Å². The average molecular weight is 329 g/mol. The number of benzene rings is 1. The Morgan fingerprint density at radius 2 is 1.88 bits per heavy atom. The van der Waals surface area contributed by atoms with E-state index in [1.807, 2.05) is 0 Å². The number of anilines is 2. The number of nitrogens with one attached hydrogen (secondary N) is 1. The molecule has 1 N–H and O–H groups in total. The fraction of sp³-hybridized carbons (Fsp3) is 0.333. The van der Waals surface area contributed by atoms with Gasteiger partial charge in [0.15, 0.2) is 0 Å². The molecule has 0 fully saturated rings. The summed E-state index contributed by atoms with van der Waals surface area (Å²) in [5.74, 6) is 1.77. The maximum atomic E-state index is 12.6. The van der Waals surface area contributed by atoms with E-state index in [-0.39, 0.29) is 5.91 Å². The zero-order valence-corrected chi connectivity index (χ0v) is 14.5. The molecule has 128 valence electrons. The van der Waals surface area contributed by atoms with Crippen LogP contribution in [0.5, 0.6) is 11.5 Å². The zero-order valence-electron chi connectivity index (χ0n) is 14.5. The molecule has 0 aliphatic rings. The lowest BCUT2D eigenvalue weighted by molar-refractivity contribution is 0.102. The third-order valence-electron chi connectivity index (χ3n) is 3.75. The van der Waals surface area contributed by atoms with Crippen molar-refractivity contribution >= 4 is 17.4 Å². The summed E-state index contributed by atoms with van der Waals surface area (Å²) >= 11 is 0. The van der Waals surface area contributed by atoms with Crippen molar-refractivity contribution in [3.05, 3.63) is 42.1 Å². The second-order valence-electron chi connectivity index (χ2n) is 5.10. The number of rotatable bonds is 7. The van der Waals surface area contributed by atoms with Crippen LogP contribution in [0.2, 0.25) is 0 Å². The van der Waals surface area contributed by atoms with Gasteiger partial charge in [-0.1, -0.05) is 0 Å². The van der Waals surface area contributed by atoms with Crippen LogP contribution in [-0.2, 0) is 0 Å². The molecule has 1 amide bonds. The molecule has 0 atom stereocenters. The Labute approximate surface area is 142 Å².